The number of aryl methyl sites for hydroxylation is 1. The molecule has 1 aromatic carbocycles. The van der Waals surface area contributed by atoms with Crippen LogP contribution in [0.1, 0.15) is 32.7 Å². The Hall–Kier alpha value is -3.96. The zero-order valence-corrected chi connectivity index (χ0v) is 23.1. The third-order valence-electron chi connectivity index (χ3n) is 7.75. The minimum atomic E-state index is -0.0591. The molecule has 0 saturated carbocycles. The van der Waals surface area contributed by atoms with E-state index in [-0.39, 0.29) is 5.91 Å². The molecule has 210 valence electrons. The average Bonchev–Trinajstić information content (AvgIpc) is 2.98. The monoisotopic (exact) mass is 544 g/mol. The molecule has 1 saturated heterocycles. The van der Waals surface area contributed by atoms with Crippen molar-refractivity contribution in [2.45, 2.75) is 26.8 Å². The molecule has 3 aliphatic rings. The lowest BCUT2D eigenvalue weighted by molar-refractivity contribution is 0.0383. The van der Waals surface area contributed by atoms with Crippen molar-refractivity contribution in [3.63, 3.8) is 0 Å². The number of fused-ring (bicyclic) bond motifs is 2. The number of anilines is 4. The lowest BCUT2D eigenvalue weighted by Crippen LogP contribution is -2.41. The third-order valence-corrected chi connectivity index (χ3v) is 7.75. The summed E-state index contributed by atoms with van der Waals surface area (Å²) in [6.07, 6.45) is 4.68. The number of nitrogens with zero attached hydrogens (tertiary/aromatic N) is 5. The third kappa shape index (κ3) is 5.66. The van der Waals surface area contributed by atoms with Crippen molar-refractivity contribution in [3.8, 4) is 5.88 Å². The average molecular weight is 545 g/mol. The number of nitrogens with one attached hydrogen (secondary N) is 3. The highest BCUT2D eigenvalue weighted by Crippen LogP contribution is 2.36. The van der Waals surface area contributed by atoms with Crippen LogP contribution in [0.3, 0.4) is 0 Å². The predicted molar refractivity (Wildman–Crippen MR) is 154 cm³/mol. The number of morpholine rings is 1. The summed E-state index contributed by atoms with van der Waals surface area (Å²) in [6, 6.07) is 5.71. The topological polar surface area (TPSA) is 117 Å². The Morgan fingerprint density at radius 2 is 1.98 bits per heavy atom. The summed E-state index contributed by atoms with van der Waals surface area (Å²) in [5.41, 5.74) is 7.77. The molecule has 1 amide bonds. The Labute approximate surface area is 234 Å². The first kappa shape index (κ1) is 26.3. The smallest absolute Gasteiger partial charge is 0.251 e. The number of ether oxygens (including phenoxy) is 2. The van der Waals surface area contributed by atoms with Crippen LogP contribution in [-0.2, 0) is 17.7 Å². The van der Waals surface area contributed by atoms with Gasteiger partial charge in [0.2, 0.25) is 11.8 Å². The van der Waals surface area contributed by atoms with E-state index in [1.54, 1.807) is 0 Å². The molecule has 0 spiro atoms. The van der Waals surface area contributed by atoms with E-state index < -0.39 is 0 Å². The fourth-order valence-corrected chi connectivity index (χ4v) is 5.47. The molecule has 1 fully saturated rings. The van der Waals surface area contributed by atoms with E-state index in [1.165, 1.54) is 0 Å². The number of rotatable bonds is 7. The summed E-state index contributed by atoms with van der Waals surface area (Å²) in [7, 11) is 0. The Balaban J connectivity index is 1.10. The van der Waals surface area contributed by atoms with Crippen molar-refractivity contribution in [2.24, 2.45) is 0 Å². The molecule has 40 heavy (non-hydrogen) atoms. The van der Waals surface area contributed by atoms with Gasteiger partial charge in [-0.3, -0.25) is 9.69 Å². The van der Waals surface area contributed by atoms with Crippen LogP contribution in [0.15, 0.2) is 30.6 Å². The predicted octanol–water partition coefficient (Wildman–Crippen LogP) is 2.66. The number of aromatic nitrogens is 3. The largest absolute Gasteiger partial charge is 0.474 e. The maximum atomic E-state index is 12.8. The molecule has 0 radical (unpaired) electrons. The number of hydrogen-bond donors (Lipinski definition) is 3. The van der Waals surface area contributed by atoms with Crippen LogP contribution in [0.5, 0.6) is 5.88 Å². The summed E-state index contributed by atoms with van der Waals surface area (Å²) >= 11 is 0. The molecule has 2 aromatic heterocycles. The molecular formula is C29H36N8O3. The number of carbonyl (C=O) groups is 1. The summed E-state index contributed by atoms with van der Waals surface area (Å²) in [5.74, 6) is 1.15. The molecule has 5 heterocycles. The van der Waals surface area contributed by atoms with Gasteiger partial charge in [-0.15, -0.1) is 0 Å². The number of benzene rings is 1. The van der Waals surface area contributed by atoms with E-state index in [0.29, 0.717) is 37.1 Å². The normalized spacial score (nSPS) is 16.8. The first-order valence-electron chi connectivity index (χ1n) is 14.0. The first-order chi connectivity index (χ1) is 19.5. The van der Waals surface area contributed by atoms with Crippen LogP contribution in [0.4, 0.5) is 23.0 Å². The van der Waals surface area contributed by atoms with Gasteiger partial charge in [0.25, 0.3) is 5.91 Å². The van der Waals surface area contributed by atoms with E-state index >= 15 is 0 Å². The van der Waals surface area contributed by atoms with Gasteiger partial charge in [0.1, 0.15) is 12.3 Å². The van der Waals surface area contributed by atoms with Crippen LogP contribution in [0, 0.1) is 13.8 Å². The maximum Gasteiger partial charge on any atom is 0.251 e. The lowest BCUT2D eigenvalue weighted by atomic mass is 10.0. The van der Waals surface area contributed by atoms with Crippen molar-refractivity contribution < 1.29 is 14.3 Å². The molecule has 0 unspecified atom stereocenters. The molecule has 11 heteroatoms. The van der Waals surface area contributed by atoms with E-state index in [4.69, 9.17) is 14.5 Å². The van der Waals surface area contributed by atoms with Crippen LogP contribution in [0.25, 0.3) is 0 Å². The Bertz CT molecular complexity index is 1390. The van der Waals surface area contributed by atoms with Gasteiger partial charge >= 0.3 is 0 Å². The van der Waals surface area contributed by atoms with E-state index in [9.17, 15) is 4.79 Å². The second-order valence-electron chi connectivity index (χ2n) is 10.4. The molecule has 11 nitrogen and oxygen atoms in total. The molecule has 0 atom stereocenters. The van der Waals surface area contributed by atoms with Crippen molar-refractivity contribution in [1.29, 1.82) is 0 Å². The van der Waals surface area contributed by atoms with E-state index in [0.717, 1.165) is 91.8 Å². The summed E-state index contributed by atoms with van der Waals surface area (Å²) in [5, 5.41) is 9.79. The number of carbonyl (C=O) groups excluding carboxylic acids is 1. The van der Waals surface area contributed by atoms with Crippen LogP contribution in [0.2, 0.25) is 0 Å². The van der Waals surface area contributed by atoms with Crippen molar-refractivity contribution >= 4 is 28.9 Å². The van der Waals surface area contributed by atoms with Crippen molar-refractivity contribution in [2.75, 3.05) is 74.6 Å². The van der Waals surface area contributed by atoms with E-state index in [2.05, 4.69) is 42.6 Å². The Morgan fingerprint density at radius 3 is 2.83 bits per heavy atom. The van der Waals surface area contributed by atoms with Gasteiger partial charge in [0, 0.05) is 62.3 Å². The van der Waals surface area contributed by atoms with Crippen molar-refractivity contribution in [1.82, 2.24) is 25.2 Å². The van der Waals surface area contributed by atoms with Gasteiger partial charge in [-0.25, -0.2) is 15.0 Å². The SMILES string of the molecule is Cc1cc(Nc2ncc3c(n2)CN(c2cnc4c(c2C)NCCO4)CC3)ccc1C(=O)NCCN1CCOCC1. The van der Waals surface area contributed by atoms with Crippen LogP contribution >= 0.6 is 0 Å². The molecule has 0 aliphatic carbocycles. The molecule has 3 aromatic rings. The number of amides is 1. The lowest BCUT2D eigenvalue weighted by Gasteiger charge is -2.32. The molecule has 6 rings (SSSR count). The van der Waals surface area contributed by atoms with E-state index in [1.807, 2.05) is 37.5 Å². The van der Waals surface area contributed by atoms with Crippen molar-refractivity contribution in [3.05, 3.63) is 58.5 Å². The van der Waals surface area contributed by atoms with Gasteiger partial charge in [0.05, 0.1) is 37.3 Å². The Kier molecular flexibility index (Phi) is 7.65. The van der Waals surface area contributed by atoms with Crippen LogP contribution < -0.4 is 25.6 Å². The van der Waals surface area contributed by atoms with Gasteiger partial charge in [-0.2, -0.15) is 0 Å². The highest BCUT2D eigenvalue weighted by atomic mass is 16.5. The summed E-state index contributed by atoms with van der Waals surface area (Å²) in [4.78, 5) is 31.3. The molecule has 3 aliphatic heterocycles. The number of pyridine rings is 1. The maximum absolute atomic E-state index is 12.8. The minimum absolute atomic E-state index is 0.0591. The molecule has 0 bridgehead atoms. The zero-order valence-electron chi connectivity index (χ0n) is 23.1. The quantitative estimate of drug-likeness (QED) is 0.410. The molecule has 3 N–H and O–H groups in total. The van der Waals surface area contributed by atoms with Crippen LogP contribution in [-0.4, -0.2) is 84.8 Å². The fraction of sp³-hybridized carbons (Fsp3) is 0.448. The highest BCUT2D eigenvalue weighted by Gasteiger charge is 2.24. The molecular weight excluding hydrogens is 508 g/mol. The minimum Gasteiger partial charge on any atom is -0.474 e. The second-order valence-corrected chi connectivity index (χ2v) is 10.4. The fourth-order valence-electron chi connectivity index (χ4n) is 5.47. The number of hydrogen-bond acceptors (Lipinski definition) is 10. The standard InChI is InChI=1S/C29H36N8O3/c1-19-15-22(3-4-23(19)27(38)31-6-9-36-10-13-39-14-11-36)34-29-33-16-21-5-8-37(18-24(21)35-29)25-17-32-28-26(20(25)2)30-7-12-40-28/h3-4,15-17,30H,5-14,18H2,1-2H3,(H,31,38)(H,33,34,35). The zero-order chi connectivity index (χ0) is 27.5. The Morgan fingerprint density at radius 1 is 1.10 bits per heavy atom. The van der Waals surface area contributed by atoms with Gasteiger partial charge in [-0.05, 0) is 49.6 Å². The van der Waals surface area contributed by atoms with Gasteiger partial charge in [-0.1, -0.05) is 0 Å². The summed E-state index contributed by atoms with van der Waals surface area (Å²) < 4.78 is 11.1. The van der Waals surface area contributed by atoms with Gasteiger partial charge < -0.3 is 30.3 Å². The highest BCUT2D eigenvalue weighted by molar-refractivity contribution is 5.96. The first-order valence-corrected chi connectivity index (χ1v) is 14.0. The summed E-state index contributed by atoms with van der Waals surface area (Å²) in [6.45, 7) is 11.8. The van der Waals surface area contributed by atoms with Gasteiger partial charge in [0.15, 0.2) is 0 Å². The second kappa shape index (κ2) is 11.6.